The van der Waals surface area contributed by atoms with Crippen LogP contribution in [-0.2, 0) is 4.74 Å². The van der Waals surface area contributed by atoms with Crippen LogP contribution >= 0.6 is 0 Å². The fraction of sp³-hybridized carbons (Fsp3) is 0.583. The number of nitrogens with zero attached hydrogens (tertiary/aromatic N) is 4. The summed E-state index contributed by atoms with van der Waals surface area (Å²) >= 11 is 0. The number of ether oxygens (including phenoxy) is 1. The first-order chi connectivity index (χ1) is 16.6. The van der Waals surface area contributed by atoms with Gasteiger partial charge in [-0.2, -0.15) is 10.2 Å². The molecule has 0 unspecified atom stereocenters. The summed E-state index contributed by atoms with van der Waals surface area (Å²) in [7, 11) is 0. The van der Waals surface area contributed by atoms with Gasteiger partial charge in [-0.3, -0.25) is 5.10 Å². The van der Waals surface area contributed by atoms with E-state index in [1.807, 2.05) is 16.8 Å². The van der Waals surface area contributed by atoms with E-state index in [1.54, 1.807) is 6.20 Å². The third kappa shape index (κ3) is 3.25. The molecule has 3 heterocycles. The molecule has 5 fully saturated rings. The van der Waals surface area contributed by atoms with E-state index in [-0.39, 0.29) is 11.5 Å². The van der Waals surface area contributed by atoms with Gasteiger partial charge in [-0.25, -0.2) is 18.7 Å². The van der Waals surface area contributed by atoms with Crippen LogP contribution in [0, 0.1) is 5.92 Å². The number of aromatic nitrogens is 5. The van der Waals surface area contributed by atoms with Gasteiger partial charge in [0.05, 0.1) is 5.69 Å². The number of nitrogens with one attached hydrogen (secondary N) is 3. The summed E-state index contributed by atoms with van der Waals surface area (Å²) in [6.45, 7) is 0. The molecule has 3 aromatic rings. The van der Waals surface area contributed by atoms with Gasteiger partial charge in [0.2, 0.25) is 0 Å². The van der Waals surface area contributed by atoms with Crippen molar-refractivity contribution in [3.05, 3.63) is 35.9 Å². The summed E-state index contributed by atoms with van der Waals surface area (Å²) in [5, 5.41) is 18.2. The van der Waals surface area contributed by atoms with E-state index in [2.05, 4.69) is 31.9 Å². The van der Waals surface area contributed by atoms with E-state index in [0.29, 0.717) is 36.1 Å². The Balaban J connectivity index is 1.02. The van der Waals surface area contributed by atoms with Crippen LogP contribution in [0.25, 0.3) is 5.52 Å². The van der Waals surface area contributed by atoms with Gasteiger partial charge in [0.25, 0.3) is 0 Å². The van der Waals surface area contributed by atoms with E-state index >= 15 is 4.39 Å². The molecule has 0 aliphatic heterocycles. The molecule has 178 valence electrons. The first-order valence-electron chi connectivity index (χ1n) is 12.3. The minimum absolute atomic E-state index is 0.0689. The van der Waals surface area contributed by atoms with E-state index in [9.17, 15) is 4.79 Å². The Morgan fingerprint density at radius 1 is 1.21 bits per heavy atom. The van der Waals surface area contributed by atoms with Crippen LogP contribution in [0.5, 0.6) is 0 Å². The summed E-state index contributed by atoms with van der Waals surface area (Å²) in [6, 6.07) is 3.90. The van der Waals surface area contributed by atoms with Crippen LogP contribution in [0.1, 0.15) is 74.6 Å². The zero-order valence-corrected chi connectivity index (χ0v) is 18.8. The van der Waals surface area contributed by atoms with Crippen molar-refractivity contribution in [2.24, 2.45) is 5.92 Å². The third-order valence-corrected chi connectivity index (χ3v) is 8.34. The normalized spacial score (nSPS) is 32.0. The number of alkyl carbamates (subject to hydrolysis) is 1. The Hall–Kier alpha value is -3.17. The number of alkyl halides is 1. The van der Waals surface area contributed by atoms with E-state index in [4.69, 9.17) is 9.84 Å². The Bertz CT molecular complexity index is 1230. The number of amides is 1. The lowest BCUT2D eigenvalue weighted by Gasteiger charge is -2.61. The molecule has 0 aromatic carbocycles. The Kier molecular flexibility index (Phi) is 4.41. The summed E-state index contributed by atoms with van der Waals surface area (Å²) in [6.07, 6.45) is 8.86. The van der Waals surface area contributed by atoms with Crippen LogP contribution in [0.4, 0.5) is 20.8 Å². The summed E-state index contributed by atoms with van der Waals surface area (Å²) in [4.78, 5) is 16.7. The van der Waals surface area contributed by atoms with Crippen molar-refractivity contribution >= 4 is 23.2 Å². The average molecular weight is 466 g/mol. The Labute approximate surface area is 195 Å². The number of rotatable bonds is 6. The van der Waals surface area contributed by atoms with E-state index in [0.717, 1.165) is 36.4 Å². The van der Waals surface area contributed by atoms with Gasteiger partial charge in [0.1, 0.15) is 17.8 Å². The van der Waals surface area contributed by atoms with Crippen LogP contribution < -0.4 is 10.6 Å². The summed E-state index contributed by atoms with van der Waals surface area (Å²) in [5.41, 5.74) is 2.61. The highest BCUT2D eigenvalue weighted by atomic mass is 19.1. The van der Waals surface area contributed by atoms with Crippen LogP contribution in [0.3, 0.4) is 0 Å². The van der Waals surface area contributed by atoms with Gasteiger partial charge >= 0.3 is 6.09 Å². The van der Waals surface area contributed by atoms with Crippen LogP contribution in [-0.4, -0.2) is 48.7 Å². The number of hydrogen-bond acceptors (Lipinski definition) is 6. The Morgan fingerprint density at radius 2 is 2.06 bits per heavy atom. The summed E-state index contributed by atoms with van der Waals surface area (Å²) < 4.78 is 22.5. The van der Waals surface area contributed by atoms with Crippen LogP contribution in [0.15, 0.2) is 24.5 Å². The smallest absolute Gasteiger partial charge is 0.407 e. The van der Waals surface area contributed by atoms with Gasteiger partial charge in [0, 0.05) is 41.5 Å². The molecule has 1 amide bonds. The highest BCUT2D eigenvalue weighted by molar-refractivity contribution is 5.72. The molecule has 0 saturated heterocycles. The predicted octanol–water partition coefficient (Wildman–Crippen LogP) is 4.33. The maximum atomic E-state index is 15.2. The predicted molar refractivity (Wildman–Crippen MR) is 122 cm³/mol. The van der Waals surface area contributed by atoms with Crippen molar-refractivity contribution in [3.8, 4) is 0 Å². The van der Waals surface area contributed by atoms with Crippen molar-refractivity contribution < 1.29 is 13.9 Å². The third-order valence-electron chi connectivity index (χ3n) is 8.34. The summed E-state index contributed by atoms with van der Waals surface area (Å²) in [5.74, 6) is 2.13. The lowest BCUT2D eigenvalue weighted by Crippen LogP contribution is -2.68. The molecule has 34 heavy (non-hydrogen) atoms. The van der Waals surface area contributed by atoms with E-state index < -0.39 is 18.4 Å². The van der Waals surface area contributed by atoms with Crippen molar-refractivity contribution in [2.75, 3.05) is 5.32 Å². The SMILES string of the molecule is O=C(NC12CC(C1)C2)O[C@@H]1CC[C@H](c2cc(Nc3nccn4nc(C5CCC5)cc34)n[nH]2)[C@@H]1F. The molecule has 3 atom stereocenters. The fourth-order valence-corrected chi connectivity index (χ4v) is 6.04. The van der Waals surface area contributed by atoms with Gasteiger partial charge in [-0.1, -0.05) is 6.42 Å². The minimum Gasteiger partial charge on any atom is -0.443 e. The molecule has 0 radical (unpaired) electrons. The van der Waals surface area contributed by atoms with E-state index in [1.165, 1.54) is 19.3 Å². The van der Waals surface area contributed by atoms with Crippen molar-refractivity contribution in [2.45, 2.75) is 81.0 Å². The zero-order chi connectivity index (χ0) is 22.9. The second kappa shape index (κ2) is 7.41. The molecule has 5 saturated carbocycles. The molecule has 8 rings (SSSR count). The van der Waals surface area contributed by atoms with Crippen molar-refractivity contribution in [3.63, 3.8) is 0 Å². The molecular formula is C24H28FN7O2. The fourth-order valence-electron chi connectivity index (χ4n) is 6.04. The number of hydrogen-bond donors (Lipinski definition) is 3. The first kappa shape index (κ1) is 20.2. The number of H-pyrrole nitrogens is 1. The highest BCUT2D eigenvalue weighted by Gasteiger charge is 2.58. The maximum absolute atomic E-state index is 15.2. The zero-order valence-electron chi connectivity index (χ0n) is 18.8. The topological polar surface area (TPSA) is 109 Å². The Morgan fingerprint density at radius 3 is 2.79 bits per heavy atom. The number of carbonyl (C=O) groups excluding carboxylic acids is 1. The molecule has 10 heteroatoms. The number of aromatic amines is 1. The number of halogens is 1. The quantitative estimate of drug-likeness (QED) is 0.500. The first-order valence-corrected chi connectivity index (χ1v) is 12.3. The molecule has 2 bridgehead atoms. The van der Waals surface area contributed by atoms with Crippen LogP contribution in [0.2, 0.25) is 0 Å². The maximum Gasteiger partial charge on any atom is 0.407 e. The molecule has 9 nitrogen and oxygen atoms in total. The second-order valence-electron chi connectivity index (χ2n) is 10.6. The molecule has 0 spiro atoms. The molecule has 3 aromatic heterocycles. The molecule has 5 aliphatic rings. The number of carbonyl (C=O) groups is 1. The minimum atomic E-state index is -1.27. The second-order valence-corrected chi connectivity index (χ2v) is 10.6. The molecule has 5 aliphatic carbocycles. The van der Waals surface area contributed by atoms with Gasteiger partial charge < -0.3 is 15.4 Å². The average Bonchev–Trinajstić information content (AvgIpc) is 3.43. The monoisotopic (exact) mass is 465 g/mol. The van der Waals surface area contributed by atoms with Gasteiger partial charge in [-0.15, -0.1) is 0 Å². The number of fused-ring (bicyclic) bond motifs is 1. The highest BCUT2D eigenvalue weighted by Crippen LogP contribution is 2.57. The van der Waals surface area contributed by atoms with Gasteiger partial charge in [0.15, 0.2) is 11.6 Å². The number of anilines is 2. The molecular weight excluding hydrogens is 437 g/mol. The standard InChI is InChI=1S/C24H28FN7O2/c25-21-15(4-5-19(21)34-23(33)28-24-10-13(11-24)12-24)17-9-20(30-29-17)27-22-18-8-16(14-2-1-3-14)31-32(18)7-6-26-22/h6-9,13-15,19,21H,1-5,10-12H2,(H,28,33)(H2,26,27,29,30)/t13?,15-,19-,21+,24?/m1/s1. The van der Waals surface area contributed by atoms with Crippen molar-refractivity contribution in [1.82, 2.24) is 30.1 Å². The lowest BCUT2D eigenvalue weighted by atomic mass is 9.50. The van der Waals surface area contributed by atoms with Crippen molar-refractivity contribution in [1.29, 1.82) is 0 Å². The van der Waals surface area contributed by atoms with Gasteiger partial charge in [-0.05, 0) is 56.9 Å². The lowest BCUT2D eigenvalue weighted by molar-refractivity contribution is -0.0532. The molecule has 3 N–H and O–H groups in total. The largest absolute Gasteiger partial charge is 0.443 e.